The standard InChI is InChI=1S/C12H19N3O2S.ClH/c1-15(2)18(16,17)14-9-12-11-6-4-3-5-10(11)7-8-13-12;/h3-6,12-14H,7-9H2,1-2H3;1H. The summed E-state index contributed by atoms with van der Waals surface area (Å²) < 4.78 is 27.1. The molecule has 0 bridgehead atoms. The molecule has 1 aromatic rings. The van der Waals surface area contributed by atoms with E-state index in [2.05, 4.69) is 22.2 Å². The summed E-state index contributed by atoms with van der Waals surface area (Å²) in [7, 11) is -0.320. The Hall–Kier alpha value is -0.660. The summed E-state index contributed by atoms with van der Waals surface area (Å²) in [5.41, 5.74) is 2.48. The highest BCUT2D eigenvalue weighted by molar-refractivity contribution is 7.87. The summed E-state index contributed by atoms with van der Waals surface area (Å²) in [6, 6.07) is 8.20. The first-order valence-corrected chi connectivity index (χ1v) is 7.43. The Morgan fingerprint density at radius 3 is 2.74 bits per heavy atom. The van der Waals surface area contributed by atoms with E-state index in [0.717, 1.165) is 13.0 Å². The van der Waals surface area contributed by atoms with E-state index < -0.39 is 10.2 Å². The van der Waals surface area contributed by atoms with Crippen LogP contribution in [0.1, 0.15) is 17.2 Å². The van der Waals surface area contributed by atoms with E-state index in [9.17, 15) is 8.42 Å². The van der Waals surface area contributed by atoms with E-state index in [1.807, 2.05) is 12.1 Å². The number of halogens is 1. The van der Waals surface area contributed by atoms with E-state index in [0.29, 0.717) is 6.54 Å². The van der Waals surface area contributed by atoms with Crippen LogP contribution in [0.4, 0.5) is 0 Å². The first kappa shape index (κ1) is 16.4. The monoisotopic (exact) mass is 305 g/mol. The highest BCUT2D eigenvalue weighted by Crippen LogP contribution is 2.21. The fraction of sp³-hybridized carbons (Fsp3) is 0.500. The molecule has 108 valence electrons. The lowest BCUT2D eigenvalue weighted by atomic mass is 9.95. The third kappa shape index (κ3) is 3.90. The van der Waals surface area contributed by atoms with Gasteiger partial charge in [-0.15, -0.1) is 12.4 Å². The Morgan fingerprint density at radius 2 is 2.05 bits per heavy atom. The van der Waals surface area contributed by atoms with Crippen molar-refractivity contribution in [2.24, 2.45) is 0 Å². The Labute approximate surface area is 121 Å². The van der Waals surface area contributed by atoms with E-state index in [4.69, 9.17) is 0 Å². The molecule has 0 spiro atoms. The van der Waals surface area contributed by atoms with E-state index in [1.54, 1.807) is 0 Å². The normalized spacial score (nSPS) is 18.8. The van der Waals surface area contributed by atoms with Crippen LogP contribution < -0.4 is 10.0 Å². The van der Waals surface area contributed by atoms with Crippen molar-refractivity contribution < 1.29 is 8.42 Å². The van der Waals surface area contributed by atoms with Gasteiger partial charge in [-0.2, -0.15) is 12.7 Å². The number of hydrogen-bond donors (Lipinski definition) is 2. The molecule has 1 aliphatic heterocycles. The quantitative estimate of drug-likeness (QED) is 0.860. The molecular formula is C12H20ClN3O2S. The minimum Gasteiger partial charge on any atom is -0.308 e. The summed E-state index contributed by atoms with van der Waals surface area (Å²) >= 11 is 0. The molecule has 0 radical (unpaired) electrons. The van der Waals surface area contributed by atoms with Gasteiger partial charge in [-0.25, -0.2) is 4.72 Å². The summed E-state index contributed by atoms with van der Waals surface area (Å²) in [5, 5.41) is 3.34. The first-order valence-electron chi connectivity index (χ1n) is 5.99. The van der Waals surface area contributed by atoms with Gasteiger partial charge in [-0.1, -0.05) is 24.3 Å². The van der Waals surface area contributed by atoms with Gasteiger partial charge >= 0.3 is 0 Å². The Bertz CT molecular complexity index is 519. The van der Waals surface area contributed by atoms with Crippen molar-refractivity contribution in [1.29, 1.82) is 0 Å². The molecule has 1 aromatic carbocycles. The highest BCUT2D eigenvalue weighted by Gasteiger charge is 2.21. The van der Waals surface area contributed by atoms with Gasteiger partial charge in [0.25, 0.3) is 10.2 Å². The molecule has 1 aliphatic rings. The molecule has 0 amide bonds. The smallest absolute Gasteiger partial charge is 0.278 e. The highest BCUT2D eigenvalue weighted by atomic mass is 35.5. The molecule has 0 saturated heterocycles. The van der Waals surface area contributed by atoms with Crippen LogP contribution in [0.25, 0.3) is 0 Å². The molecule has 2 rings (SSSR count). The minimum atomic E-state index is -3.36. The maximum atomic E-state index is 11.7. The van der Waals surface area contributed by atoms with Crippen molar-refractivity contribution in [2.45, 2.75) is 12.5 Å². The number of hydrogen-bond acceptors (Lipinski definition) is 3. The van der Waals surface area contributed by atoms with Crippen LogP contribution in [-0.4, -0.2) is 39.9 Å². The molecule has 0 fully saturated rings. The van der Waals surface area contributed by atoms with Crippen LogP contribution >= 0.6 is 12.4 Å². The zero-order valence-corrected chi connectivity index (χ0v) is 12.7. The molecule has 0 aliphatic carbocycles. The number of benzene rings is 1. The van der Waals surface area contributed by atoms with Crippen molar-refractivity contribution in [3.05, 3.63) is 35.4 Å². The number of nitrogens with one attached hydrogen (secondary N) is 2. The lowest BCUT2D eigenvalue weighted by Gasteiger charge is -2.27. The van der Waals surface area contributed by atoms with Crippen molar-refractivity contribution in [3.63, 3.8) is 0 Å². The second kappa shape index (κ2) is 6.67. The topological polar surface area (TPSA) is 61.4 Å². The van der Waals surface area contributed by atoms with E-state index >= 15 is 0 Å². The van der Waals surface area contributed by atoms with Gasteiger partial charge < -0.3 is 5.32 Å². The third-order valence-corrected chi connectivity index (χ3v) is 4.66. The largest absolute Gasteiger partial charge is 0.308 e. The van der Waals surface area contributed by atoms with Gasteiger partial charge in [0.2, 0.25) is 0 Å². The Morgan fingerprint density at radius 1 is 1.37 bits per heavy atom. The maximum absolute atomic E-state index is 11.7. The second-order valence-electron chi connectivity index (χ2n) is 4.59. The third-order valence-electron chi connectivity index (χ3n) is 3.17. The molecule has 2 N–H and O–H groups in total. The lowest BCUT2D eigenvalue weighted by Crippen LogP contribution is -2.42. The van der Waals surface area contributed by atoms with Crippen LogP contribution in [0.2, 0.25) is 0 Å². The number of rotatable bonds is 4. The van der Waals surface area contributed by atoms with Crippen molar-refractivity contribution >= 4 is 22.6 Å². The lowest BCUT2D eigenvalue weighted by molar-refractivity contribution is 0.469. The average molecular weight is 306 g/mol. The first-order chi connectivity index (χ1) is 8.50. The zero-order valence-electron chi connectivity index (χ0n) is 11.1. The van der Waals surface area contributed by atoms with Crippen molar-refractivity contribution in [3.8, 4) is 0 Å². The maximum Gasteiger partial charge on any atom is 0.278 e. The van der Waals surface area contributed by atoms with E-state index in [-0.39, 0.29) is 18.4 Å². The molecular weight excluding hydrogens is 286 g/mol. The van der Waals surface area contributed by atoms with Gasteiger partial charge in [0, 0.05) is 26.7 Å². The van der Waals surface area contributed by atoms with E-state index in [1.165, 1.54) is 29.5 Å². The molecule has 1 atom stereocenters. The van der Waals surface area contributed by atoms with Gasteiger partial charge in [-0.3, -0.25) is 0 Å². The second-order valence-corrected chi connectivity index (χ2v) is 6.56. The van der Waals surface area contributed by atoms with Crippen LogP contribution in [0.5, 0.6) is 0 Å². The fourth-order valence-electron chi connectivity index (χ4n) is 2.09. The summed E-state index contributed by atoms with van der Waals surface area (Å²) in [6.45, 7) is 1.25. The number of fused-ring (bicyclic) bond motifs is 1. The van der Waals surface area contributed by atoms with Crippen LogP contribution in [-0.2, 0) is 16.6 Å². The van der Waals surface area contributed by atoms with Crippen LogP contribution in [0.15, 0.2) is 24.3 Å². The summed E-state index contributed by atoms with van der Waals surface area (Å²) in [5.74, 6) is 0. The van der Waals surface area contributed by atoms with Crippen molar-refractivity contribution in [2.75, 3.05) is 27.2 Å². The number of nitrogens with zero attached hydrogens (tertiary/aromatic N) is 1. The van der Waals surface area contributed by atoms with Gasteiger partial charge in [0.05, 0.1) is 0 Å². The zero-order chi connectivity index (χ0) is 13.2. The van der Waals surface area contributed by atoms with Gasteiger partial charge in [0.15, 0.2) is 0 Å². The summed E-state index contributed by atoms with van der Waals surface area (Å²) in [6.07, 6.45) is 0.993. The Balaban J connectivity index is 0.00000180. The Kier molecular flexibility index (Phi) is 5.76. The fourth-order valence-corrected chi connectivity index (χ4v) is 2.73. The molecule has 0 aromatic heterocycles. The van der Waals surface area contributed by atoms with Crippen LogP contribution in [0, 0.1) is 0 Å². The van der Waals surface area contributed by atoms with Crippen molar-refractivity contribution in [1.82, 2.24) is 14.3 Å². The van der Waals surface area contributed by atoms with Crippen LogP contribution in [0.3, 0.4) is 0 Å². The predicted octanol–water partition coefficient (Wildman–Crippen LogP) is 0.691. The molecule has 19 heavy (non-hydrogen) atoms. The minimum absolute atomic E-state index is 0. The summed E-state index contributed by atoms with van der Waals surface area (Å²) in [4.78, 5) is 0. The molecule has 1 unspecified atom stereocenters. The molecule has 7 heteroatoms. The molecule has 5 nitrogen and oxygen atoms in total. The SMILES string of the molecule is CN(C)S(=O)(=O)NCC1NCCc2ccccc21.Cl. The molecule has 1 heterocycles. The van der Waals surface area contributed by atoms with Gasteiger partial charge in [-0.05, 0) is 24.1 Å². The van der Waals surface area contributed by atoms with Gasteiger partial charge in [0.1, 0.15) is 0 Å². The average Bonchev–Trinajstić information content (AvgIpc) is 2.36. The molecule has 0 saturated carbocycles. The predicted molar refractivity (Wildman–Crippen MR) is 78.7 cm³/mol.